The van der Waals surface area contributed by atoms with E-state index in [1.54, 1.807) is 0 Å². The Labute approximate surface area is 108 Å². The quantitative estimate of drug-likeness (QED) is 0.794. The van der Waals surface area contributed by atoms with Crippen molar-refractivity contribution in [2.45, 2.75) is 25.8 Å². The van der Waals surface area contributed by atoms with E-state index >= 15 is 0 Å². The lowest BCUT2D eigenvalue weighted by molar-refractivity contribution is 0.142. The first kappa shape index (κ1) is 13.0. The van der Waals surface area contributed by atoms with Crippen LogP contribution >= 0.6 is 0 Å². The van der Waals surface area contributed by atoms with Crippen molar-refractivity contribution in [1.29, 1.82) is 0 Å². The van der Waals surface area contributed by atoms with Crippen molar-refractivity contribution in [2.24, 2.45) is 5.73 Å². The molecule has 0 aliphatic heterocycles. The molecule has 2 rings (SSSR count). The van der Waals surface area contributed by atoms with E-state index in [0.29, 0.717) is 0 Å². The fraction of sp³-hybridized carbons (Fsp3) is 0.400. The lowest BCUT2D eigenvalue weighted by Crippen LogP contribution is -2.11. The summed E-state index contributed by atoms with van der Waals surface area (Å²) in [5.74, 6) is 0. The maximum Gasteiger partial charge on any atom is 0.0466 e. The Balaban J connectivity index is 2.10. The number of aromatic nitrogens is 1. The highest BCUT2D eigenvalue weighted by Gasteiger charge is 2.09. The van der Waals surface area contributed by atoms with Gasteiger partial charge in [-0.25, -0.2) is 0 Å². The van der Waals surface area contributed by atoms with Crippen LogP contribution in [0.25, 0.3) is 10.8 Å². The summed E-state index contributed by atoms with van der Waals surface area (Å²) in [6.07, 6.45) is 5.64. The van der Waals surface area contributed by atoms with Gasteiger partial charge in [0.1, 0.15) is 0 Å². The summed E-state index contributed by atoms with van der Waals surface area (Å²) in [7, 11) is 0. The average molecular weight is 244 g/mol. The Morgan fingerprint density at radius 3 is 3.06 bits per heavy atom. The van der Waals surface area contributed by atoms with Gasteiger partial charge in [0.15, 0.2) is 0 Å². The van der Waals surface area contributed by atoms with Crippen LogP contribution in [0.4, 0.5) is 0 Å². The van der Waals surface area contributed by atoms with E-state index < -0.39 is 0 Å². The topological polar surface area (TPSA) is 48.1 Å². The molecule has 0 saturated heterocycles. The van der Waals surface area contributed by atoms with Crippen LogP contribution in [-0.2, 0) is 4.74 Å². The van der Waals surface area contributed by atoms with Gasteiger partial charge in [-0.15, -0.1) is 0 Å². The van der Waals surface area contributed by atoms with Crippen LogP contribution in [0.5, 0.6) is 0 Å². The third-order valence-corrected chi connectivity index (χ3v) is 3.12. The fourth-order valence-electron chi connectivity index (χ4n) is 2.17. The molecule has 1 aromatic carbocycles. The number of benzene rings is 1. The second kappa shape index (κ2) is 6.47. The maximum absolute atomic E-state index is 6.26. The summed E-state index contributed by atoms with van der Waals surface area (Å²) < 4.78 is 5.34. The van der Waals surface area contributed by atoms with Crippen LogP contribution in [0.1, 0.15) is 31.4 Å². The molecule has 1 heterocycles. The molecule has 0 amide bonds. The van der Waals surface area contributed by atoms with Gasteiger partial charge in [-0.1, -0.05) is 18.2 Å². The first-order chi connectivity index (χ1) is 8.83. The number of hydrogen-bond donors (Lipinski definition) is 1. The molecule has 0 aliphatic rings. The zero-order valence-corrected chi connectivity index (χ0v) is 10.8. The maximum atomic E-state index is 6.26. The van der Waals surface area contributed by atoms with Gasteiger partial charge in [-0.05, 0) is 36.8 Å². The highest BCUT2D eigenvalue weighted by molar-refractivity contribution is 5.85. The van der Waals surface area contributed by atoms with Crippen molar-refractivity contribution >= 4 is 10.8 Å². The average Bonchev–Trinajstić information content (AvgIpc) is 2.43. The van der Waals surface area contributed by atoms with Crippen LogP contribution in [0.3, 0.4) is 0 Å². The first-order valence-electron chi connectivity index (χ1n) is 6.49. The summed E-state index contributed by atoms with van der Waals surface area (Å²) in [5.41, 5.74) is 7.44. The van der Waals surface area contributed by atoms with Crippen molar-refractivity contribution in [3.63, 3.8) is 0 Å². The first-order valence-corrected chi connectivity index (χ1v) is 6.49. The molecular weight excluding hydrogens is 224 g/mol. The number of hydrogen-bond acceptors (Lipinski definition) is 3. The van der Waals surface area contributed by atoms with Crippen LogP contribution in [-0.4, -0.2) is 18.2 Å². The molecule has 1 atom stereocenters. The lowest BCUT2D eigenvalue weighted by Gasteiger charge is -2.14. The van der Waals surface area contributed by atoms with Gasteiger partial charge in [0.2, 0.25) is 0 Å². The monoisotopic (exact) mass is 244 g/mol. The highest BCUT2D eigenvalue weighted by Crippen LogP contribution is 2.24. The predicted molar refractivity (Wildman–Crippen MR) is 74.4 cm³/mol. The van der Waals surface area contributed by atoms with Gasteiger partial charge < -0.3 is 10.5 Å². The zero-order chi connectivity index (χ0) is 12.8. The van der Waals surface area contributed by atoms with Gasteiger partial charge in [-0.2, -0.15) is 0 Å². The van der Waals surface area contributed by atoms with Gasteiger partial charge in [0.05, 0.1) is 0 Å². The van der Waals surface area contributed by atoms with Gasteiger partial charge in [0.25, 0.3) is 0 Å². The molecule has 0 radical (unpaired) electrons. The Kier molecular flexibility index (Phi) is 4.67. The molecule has 2 aromatic rings. The summed E-state index contributed by atoms with van der Waals surface area (Å²) in [6, 6.07) is 8.31. The largest absolute Gasteiger partial charge is 0.382 e. The molecule has 18 heavy (non-hydrogen) atoms. The van der Waals surface area contributed by atoms with Gasteiger partial charge in [0, 0.05) is 37.0 Å². The van der Waals surface area contributed by atoms with Crippen LogP contribution < -0.4 is 5.73 Å². The van der Waals surface area contributed by atoms with Crippen LogP contribution in [0.2, 0.25) is 0 Å². The normalized spacial score (nSPS) is 12.8. The molecule has 96 valence electrons. The molecule has 3 heteroatoms. The Morgan fingerprint density at radius 2 is 2.22 bits per heavy atom. The zero-order valence-electron chi connectivity index (χ0n) is 10.8. The highest BCUT2D eigenvalue weighted by atomic mass is 16.5. The van der Waals surface area contributed by atoms with E-state index in [0.717, 1.165) is 31.4 Å². The van der Waals surface area contributed by atoms with Crippen LogP contribution in [0, 0.1) is 0 Å². The fourth-order valence-corrected chi connectivity index (χ4v) is 2.17. The molecule has 0 aliphatic carbocycles. The summed E-state index contributed by atoms with van der Waals surface area (Å²) in [5, 5.41) is 2.35. The number of ether oxygens (including phenoxy) is 1. The van der Waals surface area contributed by atoms with E-state index in [9.17, 15) is 0 Å². The predicted octanol–water partition coefficient (Wildman–Crippen LogP) is 3.05. The van der Waals surface area contributed by atoms with Crippen molar-refractivity contribution in [2.75, 3.05) is 13.2 Å². The number of rotatable bonds is 6. The smallest absolute Gasteiger partial charge is 0.0466 e. The number of fused-ring (bicyclic) bond motifs is 1. The second-order valence-corrected chi connectivity index (χ2v) is 4.39. The Hall–Kier alpha value is -1.45. The standard InChI is InChI=1S/C15H20N2O/c1-2-18-10-4-7-15(16)13-6-3-5-12-8-9-17-11-14(12)13/h3,5-6,8-9,11,15H,2,4,7,10,16H2,1H3. The van der Waals surface area contributed by atoms with E-state index in [-0.39, 0.29) is 6.04 Å². The van der Waals surface area contributed by atoms with Crippen molar-refractivity contribution in [1.82, 2.24) is 4.98 Å². The SMILES string of the molecule is CCOCCCC(N)c1cccc2ccncc12. The molecule has 0 bridgehead atoms. The molecule has 3 nitrogen and oxygen atoms in total. The number of nitrogens with two attached hydrogens (primary N) is 1. The minimum atomic E-state index is 0.0540. The van der Waals surface area contributed by atoms with E-state index in [4.69, 9.17) is 10.5 Å². The third-order valence-electron chi connectivity index (χ3n) is 3.12. The molecule has 0 saturated carbocycles. The Morgan fingerprint density at radius 1 is 1.33 bits per heavy atom. The minimum Gasteiger partial charge on any atom is -0.382 e. The van der Waals surface area contributed by atoms with Crippen molar-refractivity contribution in [3.8, 4) is 0 Å². The van der Waals surface area contributed by atoms with E-state index in [2.05, 4.69) is 23.2 Å². The minimum absolute atomic E-state index is 0.0540. The lowest BCUT2D eigenvalue weighted by atomic mass is 9.98. The molecule has 1 unspecified atom stereocenters. The molecule has 0 fully saturated rings. The number of pyridine rings is 1. The van der Waals surface area contributed by atoms with Gasteiger partial charge in [-0.3, -0.25) is 4.98 Å². The van der Waals surface area contributed by atoms with Crippen LogP contribution in [0.15, 0.2) is 36.7 Å². The third kappa shape index (κ3) is 3.06. The second-order valence-electron chi connectivity index (χ2n) is 4.39. The number of nitrogens with zero attached hydrogens (tertiary/aromatic N) is 1. The molecular formula is C15H20N2O. The summed E-state index contributed by atoms with van der Waals surface area (Å²) in [6.45, 7) is 3.57. The summed E-state index contributed by atoms with van der Waals surface area (Å²) in [4.78, 5) is 4.19. The molecule has 0 spiro atoms. The Bertz CT molecular complexity index is 493. The van der Waals surface area contributed by atoms with Crippen molar-refractivity contribution in [3.05, 3.63) is 42.2 Å². The van der Waals surface area contributed by atoms with E-state index in [1.807, 2.05) is 25.4 Å². The van der Waals surface area contributed by atoms with E-state index in [1.165, 1.54) is 10.9 Å². The van der Waals surface area contributed by atoms with Gasteiger partial charge >= 0.3 is 0 Å². The summed E-state index contributed by atoms with van der Waals surface area (Å²) >= 11 is 0. The van der Waals surface area contributed by atoms with Crippen molar-refractivity contribution < 1.29 is 4.74 Å². The molecule has 2 N–H and O–H groups in total. The molecule has 1 aromatic heterocycles.